The molecule has 2 aromatic carbocycles. The Morgan fingerprint density at radius 2 is 1.88 bits per heavy atom. The number of halogens is 2. The molecule has 0 aliphatic heterocycles. The lowest BCUT2D eigenvalue weighted by molar-refractivity contribution is 0.102. The molecular formula is C16H13Cl2N5O. The van der Waals surface area contributed by atoms with Gasteiger partial charge in [-0.1, -0.05) is 40.5 Å². The first kappa shape index (κ1) is 16.3. The highest BCUT2D eigenvalue weighted by Crippen LogP contribution is 2.17. The fourth-order valence-corrected chi connectivity index (χ4v) is 2.47. The first-order valence-corrected chi connectivity index (χ1v) is 7.79. The summed E-state index contributed by atoms with van der Waals surface area (Å²) in [6.45, 7) is 0.369. The normalized spacial score (nSPS) is 10.6. The molecule has 6 nitrogen and oxygen atoms in total. The van der Waals surface area contributed by atoms with Crippen molar-refractivity contribution < 1.29 is 4.79 Å². The van der Waals surface area contributed by atoms with Crippen LogP contribution in [-0.2, 0) is 6.54 Å². The summed E-state index contributed by atoms with van der Waals surface area (Å²) in [5, 5.41) is 11.7. The molecule has 3 N–H and O–H groups in total. The summed E-state index contributed by atoms with van der Waals surface area (Å²) in [4.78, 5) is 12.3. The Kier molecular flexibility index (Phi) is 4.69. The minimum atomic E-state index is -0.438. The molecule has 0 aliphatic carbocycles. The van der Waals surface area contributed by atoms with Gasteiger partial charge in [-0.25, -0.2) is 4.68 Å². The van der Waals surface area contributed by atoms with Crippen LogP contribution in [0.2, 0.25) is 10.0 Å². The number of amides is 1. The lowest BCUT2D eigenvalue weighted by Crippen LogP contribution is -2.15. The highest BCUT2D eigenvalue weighted by molar-refractivity contribution is 6.30. The summed E-state index contributed by atoms with van der Waals surface area (Å²) in [5.74, 6) is -0.256. The summed E-state index contributed by atoms with van der Waals surface area (Å²) in [7, 11) is 0. The van der Waals surface area contributed by atoms with E-state index < -0.39 is 5.91 Å². The van der Waals surface area contributed by atoms with E-state index in [1.54, 1.807) is 36.4 Å². The van der Waals surface area contributed by atoms with Gasteiger partial charge in [0.05, 0.1) is 6.54 Å². The summed E-state index contributed by atoms with van der Waals surface area (Å²) in [6, 6.07) is 14.0. The fourth-order valence-electron chi connectivity index (χ4n) is 2.13. The zero-order chi connectivity index (χ0) is 17.1. The second-order valence-corrected chi connectivity index (χ2v) is 5.94. The SMILES string of the molecule is Nc1c(C(=O)Nc2ccc(Cl)cc2)nnn1Cc1cccc(Cl)c1. The van der Waals surface area contributed by atoms with Crippen molar-refractivity contribution >= 4 is 40.6 Å². The van der Waals surface area contributed by atoms with Crippen molar-refractivity contribution in [2.75, 3.05) is 11.1 Å². The number of hydrogen-bond acceptors (Lipinski definition) is 4. The van der Waals surface area contributed by atoms with Crippen LogP contribution in [0, 0.1) is 0 Å². The lowest BCUT2D eigenvalue weighted by atomic mass is 10.2. The molecule has 0 aliphatic rings. The van der Waals surface area contributed by atoms with Gasteiger partial charge in [0.2, 0.25) is 0 Å². The van der Waals surface area contributed by atoms with Gasteiger partial charge in [-0.15, -0.1) is 5.10 Å². The van der Waals surface area contributed by atoms with E-state index >= 15 is 0 Å². The summed E-state index contributed by atoms with van der Waals surface area (Å²) >= 11 is 11.8. The maximum absolute atomic E-state index is 12.3. The van der Waals surface area contributed by atoms with Crippen molar-refractivity contribution in [1.29, 1.82) is 0 Å². The third-order valence-electron chi connectivity index (χ3n) is 3.31. The minimum absolute atomic E-state index is 0.0620. The number of hydrogen-bond donors (Lipinski definition) is 2. The molecule has 8 heteroatoms. The Morgan fingerprint density at radius 3 is 2.58 bits per heavy atom. The van der Waals surface area contributed by atoms with Crippen LogP contribution in [0.25, 0.3) is 0 Å². The van der Waals surface area contributed by atoms with Crippen LogP contribution in [0.4, 0.5) is 11.5 Å². The van der Waals surface area contributed by atoms with Gasteiger partial charge < -0.3 is 11.1 Å². The Bertz CT molecular complexity index is 876. The Morgan fingerprint density at radius 1 is 1.12 bits per heavy atom. The molecule has 0 spiro atoms. The van der Waals surface area contributed by atoms with Crippen molar-refractivity contribution in [3.63, 3.8) is 0 Å². The molecule has 0 bridgehead atoms. The molecule has 0 atom stereocenters. The number of aromatic nitrogens is 3. The molecule has 1 amide bonds. The van der Waals surface area contributed by atoms with Crippen LogP contribution in [0.1, 0.15) is 16.1 Å². The van der Waals surface area contributed by atoms with Crippen molar-refractivity contribution in [2.24, 2.45) is 0 Å². The standard InChI is InChI=1S/C16H13Cl2N5O/c17-11-4-6-13(7-5-11)20-16(24)14-15(19)23(22-21-14)9-10-2-1-3-12(18)8-10/h1-8H,9,19H2,(H,20,24). The number of carbonyl (C=O) groups excluding carboxylic acids is 1. The molecule has 1 heterocycles. The van der Waals surface area contributed by atoms with E-state index in [1.807, 2.05) is 12.1 Å². The van der Waals surface area contributed by atoms with Crippen LogP contribution < -0.4 is 11.1 Å². The molecule has 0 saturated heterocycles. The van der Waals surface area contributed by atoms with Crippen LogP contribution in [0.5, 0.6) is 0 Å². The third-order valence-corrected chi connectivity index (χ3v) is 3.80. The van der Waals surface area contributed by atoms with E-state index in [1.165, 1.54) is 4.68 Å². The van der Waals surface area contributed by atoms with Crippen molar-refractivity contribution in [3.05, 3.63) is 69.8 Å². The molecule has 3 rings (SSSR count). The molecule has 0 fully saturated rings. The maximum Gasteiger partial charge on any atom is 0.280 e. The molecular weight excluding hydrogens is 349 g/mol. The van der Waals surface area contributed by atoms with Crippen molar-refractivity contribution in [2.45, 2.75) is 6.54 Å². The number of nitrogens with one attached hydrogen (secondary N) is 1. The molecule has 122 valence electrons. The van der Waals surface area contributed by atoms with Crippen molar-refractivity contribution in [3.8, 4) is 0 Å². The fraction of sp³-hybridized carbons (Fsp3) is 0.0625. The minimum Gasteiger partial charge on any atom is -0.382 e. The quantitative estimate of drug-likeness (QED) is 0.744. The van der Waals surface area contributed by atoms with Crippen LogP contribution >= 0.6 is 23.2 Å². The van der Waals surface area contributed by atoms with E-state index in [0.29, 0.717) is 22.3 Å². The number of anilines is 2. The van der Waals surface area contributed by atoms with Gasteiger partial charge in [0, 0.05) is 15.7 Å². The van der Waals surface area contributed by atoms with E-state index in [2.05, 4.69) is 15.6 Å². The van der Waals surface area contributed by atoms with Gasteiger partial charge in [-0.05, 0) is 42.0 Å². The van der Waals surface area contributed by atoms with Gasteiger partial charge in [0.25, 0.3) is 5.91 Å². The largest absolute Gasteiger partial charge is 0.382 e. The molecule has 3 aromatic rings. The topological polar surface area (TPSA) is 85.8 Å². The second kappa shape index (κ2) is 6.90. The van der Waals surface area contributed by atoms with E-state index in [0.717, 1.165) is 5.56 Å². The monoisotopic (exact) mass is 361 g/mol. The molecule has 0 unspecified atom stereocenters. The molecule has 0 radical (unpaired) electrons. The third kappa shape index (κ3) is 3.67. The number of benzene rings is 2. The van der Waals surface area contributed by atoms with Gasteiger partial charge in [0.1, 0.15) is 0 Å². The van der Waals surface area contributed by atoms with Crippen molar-refractivity contribution in [1.82, 2.24) is 15.0 Å². The first-order chi connectivity index (χ1) is 11.5. The van der Waals surface area contributed by atoms with E-state index in [9.17, 15) is 4.79 Å². The Hall–Kier alpha value is -2.57. The Balaban J connectivity index is 1.76. The zero-order valence-electron chi connectivity index (χ0n) is 12.4. The van der Waals surface area contributed by atoms with E-state index in [-0.39, 0.29) is 11.5 Å². The lowest BCUT2D eigenvalue weighted by Gasteiger charge is -2.05. The molecule has 24 heavy (non-hydrogen) atoms. The predicted octanol–water partition coefficient (Wildman–Crippen LogP) is 3.47. The van der Waals surface area contributed by atoms with E-state index in [4.69, 9.17) is 28.9 Å². The van der Waals surface area contributed by atoms with Gasteiger partial charge >= 0.3 is 0 Å². The second-order valence-electron chi connectivity index (χ2n) is 5.07. The van der Waals surface area contributed by atoms with Gasteiger partial charge in [-0.3, -0.25) is 4.79 Å². The summed E-state index contributed by atoms with van der Waals surface area (Å²) < 4.78 is 1.45. The average Bonchev–Trinajstić information content (AvgIpc) is 2.91. The summed E-state index contributed by atoms with van der Waals surface area (Å²) in [6.07, 6.45) is 0. The maximum atomic E-state index is 12.3. The average molecular weight is 362 g/mol. The number of nitrogens with two attached hydrogens (primary N) is 1. The van der Waals surface area contributed by atoms with Crippen LogP contribution in [0.15, 0.2) is 48.5 Å². The number of carbonyl (C=O) groups is 1. The number of nitrogens with zero attached hydrogens (tertiary/aromatic N) is 3. The first-order valence-electron chi connectivity index (χ1n) is 7.03. The highest BCUT2D eigenvalue weighted by Gasteiger charge is 2.17. The predicted molar refractivity (Wildman–Crippen MR) is 94.4 cm³/mol. The smallest absolute Gasteiger partial charge is 0.280 e. The van der Waals surface area contributed by atoms with Gasteiger partial charge in [-0.2, -0.15) is 0 Å². The van der Waals surface area contributed by atoms with Crippen LogP contribution in [-0.4, -0.2) is 20.9 Å². The molecule has 0 saturated carbocycles. The zero-order valence-corrected chi connectivity index (χ0v) is 13.9. The number of rotatable bonds is 4. The number of nitrogen functional groups attached to an aromatic ring is 1. The summed E-state index contributed by atoms with van der Waals surface area (Å²) in [5.41, 5.74) is 7.55. The molecule has 1 aromatic heterocycles. The van der Waals surface area contributed by atoms with Crippen LogP contribution in [0.3, 0.4) is 0 Å². The Labute approximate surface area is 148 Å². The van der Waals surface area contributed by atoms with Gasteiger partial charge in [0.15, 0.2) is 11.5 Å². The highest BCUT2D eigenvalue weighted by atomic mass is 35.5.